The molecule has 1 atom stereocenters. The first-order chi connectivity index (χ1) is 13.2. The van der Waals surface area contributed by atoms with Crippen LogP contribution in [0.3, 0.4) is 0 Å². The number of hydrogen-bond donors (Lipinski definition) is 1. The predicted molar refractivity (Wildman–Crippen MR) is 109 cm³/mol. The van der Waals surface area contributed by atoms with Crippen LogP contribution in [0.1, 0.15) is 22.8 Å². The number of para-hydroxylation sites is 1. The molecule has 3 rings (SSSR count). The van der Waals surface area contributed by atoms with Crippen molar-refractivity contribution in [2.24, 2.45) is 14.1 Å². The molecule has 8 nitrogen and oxygen atoms in total. The Morgan fingerprint density at radius 3 is 2.54 bits per heavy atom. The lowest BCUT2D eigenvalue weighted by atomic mass is 10.1. The van der Waals surface area contributed by atoms with Crippen molar-refractivity contribution in [3.8, 4) is 5.69 Å². The number of nitrogens with zero attached hydrogens (tertiary/aromatic N) is 4. The Balaban J connectivity index is 1.97. The standard InChI is InChI=1S/C19H21N5O3S/c1-11-7-5-6-8-13(11)24-10-9-21-18(24)28-12(2)15(25)14-16(20)22(3)19(27)23(4)17(14)26/h5-10,12H,20H2,1-4H3. The number of thioether (sulfide) groups is 1. The van der Waals surface area contributed by atoms with Gasteiger partial charge in [0.25, 0.3) is 5.56 Å². The lowest BCUT2D eigenvalue weighted by Gasteiger charge is -2.15. The van der Waals surface area contributed by atoms with Crippen molar-refractivity contribution in [1.82, 2.24) is 18.7 Å². The lowest BCUT2D eigenvalue weighted by molar-refractivity contribution is 0.0992. The maximum absolute atomic E-state index is 13.0. The molecule has 0 radical (unpaired) electrons. The molecule has 0 saturated heterocycles. The van der Waals surface area contributed by atoms with Gasteiger partial charge in [0, 0.05) is 26.5 Å². The highest BCUT2D eigenvalue weighted by Crippen LogP contribution is 2.27. The molecule has 0 amide bonds. The van der Waals surface area contributed by atoms with E-state index >= 15 is 0 Å². The molecule has 1 unspecified atom stereocenters. The maximum Gasteiger partial charge on any atom is 0.332 e. The number of aromatic nitrogens is 4. The van der Waals surface area contributed by atoms with E-state index in [0.29, 0.717) is 5.16 Å². The summed E-state index contributed by atoms with van der Waals surface area (Å²) in [6.07, 6.45) is 3.48. The quantitative estimate of drug-likeness (QED) is 0.515. The second kappa shape index (κ2) is 7.51. The van der Waals surface area contributed by atoms with Crippen LogP contribution in [0.2, 0.25) is 0 Å². The largest absolute Gasteiger partial charge is 0.384 e. The number of rotatable bonds is 5. The fourth-order valence-electron chi connectivity index (χ4n) is 2.90. The normalized spacial score (nSPS) is 12.1. The van der Waals surface area contributed by atoms with Crippen LogP contribution < -0.4 is 17.0 Å². The van der Waals surface area contributed by atoms with E-state index in [9.17, 15) is 14.4 Å². The van der Waals surface area contributed by atoms with E-state index in [1.807, 2.05) is 42.0 Å². The van der Waals surface area contributed by atoms with Gasteiger partial charge in [-0.3, -0.25) is 23.3 Å². The molecule has 9 heteroatoms. The maximum atomic E-state index is 13.0. The van der Waals surface area contributed by atoms with E-state index in [1.165, 1.54) is 25.9 Å². The summed E-state index contributed by atoms with van der Waals surface area (Å²) in [6, 6.07) is 7.84. The Labute approximate surface area is 165 Å². The molecule has 2 aromatic heterocycles. The Hall–Kier alpha value is -3.07. The van der Waals surface area contributed by atoms with Gasteiger partial charge < -0.3 is 5.73 Å². The highest BCUT2D eigenvalue weighted by atomic mass is 32.2. The van der Waals surface area contributed by atoms with Crippen molar-refractivity contribution < 1.29 is 4.79 Å². The highest BCUT2D eigenvalue weighted by molar-refractivity contribution is 8.00. The monoisotopic (exact) mass is 399 g/mol. The van der Waals surface area contributed by atoms with Crippen LogP contribution in [0.25, 0.3) is 5.69 Å². The second-order valence-corrected chi connectivity index (χ2v) is 7.76. The van der Waals surface area contributed by atoms with Crippen molar-refractivity contribution >= 4 is 23.4 Å². The van der Waals surface area contributed by atoms with Crippen LogP contribution in [-0.4, -0.2) is 29.7 Å². The van der Waals surface area contributed by atoms with Crippen LogP contribution in [-0.2, 0) is 14.1 Å². The molecule has 2 N–H and O–H groups in total. The minimum Gasteiger partial charge on any atom is -0.384 e. The number of aryl methyl sites for hydroxylation is 1. The molecule has 0 aliphatic carbocycles. The average molecular weight is 399 g/mol. The number of Topliss-reactive ketones (excluding diaryl/α,β-unsaturated/α-hetero) is 1. The number of benzene rings is 1. The molecule has 3 aromatic rings. The number of hydrogen-bond acceptors (Lipinski definition) is 6. The first kappa shape index (κ1) is 19.7. The van der Waals surface area contributed by atoms with Gasteiger partial charge in [-0.15, -0.1) is 0 Å². The molecule has 28 heavy (non-hydrogen) atoms. The van der Waals surface area contributed by atoms with Gasteiger partial charge in [0.05, 0.1) is 10.9 Å². The van der Waals surface area contributed by atoms with E-state index < -0.39 is 22.3 Å². The third kappa shape index (κ3) is 3.29. The molecular weight excluding hydrogens is 378 g/mol. The lowest BCUT2D eigenvalue weighted by Crippen LogP contribution is -2.42. The molecule has 146 valence electrons. The Morgan fingerprint density at radius 1 is 1.18 bits per heavy atom. The Bertz CT molecular complexity index is 1180. The fourth-order valence-corrected chi connectivity index (χ4v) is 3.84. The van der Waals surface area contributed by atoms with Gasteiger partial charge in [0.1, 0.15) is 11.4 Å². The summed E-state index contributed by atoms with van der Waals surface area (Å²) in [5.41, 5.74) is 6.48. The van der Waals surface area contributed by atoms with Crippen LogP contribution in [0.15, 0.2) is 51.4 Å². The van der Waals surface area contributed by atoms with Crippen molar-refractivity contribution in [1.29, 1.82) is 0 Å². The van der Waals surface area contributed by atoms with E-state index in [-0.39, 0.29) is 11.4 Å². The zero-order valence-corrected chi connectivity index (χ0v) is 16.9. The molecule has 0 aliphatic heterocycles. The molecule has 0 spiro atoms. The average Bonchev–Trinajstić information content (AvgIpc) is 3.13. The predicted octanol–water partition coefficient (Wildman–Crippen LogP) is 1.52. The summed E-state index contributed by atoms with van der Waals surface area (Å²) in [5, 5.41) is -0.00645. The highest BCUT2D eigenvalue weighted by Gasteiger charge is 2.26. The third-order valence-corrected chi connectivity index (χ3v) is 5.67. The first-order valence-electron chi connectivity index (χ1n) is 8.59. The smallest absolute Gasteiger partial charge is 0.332 e. The van der Waals surface area contributed by atoms with Crippen LogP contribution in [0.4, 0.5) is 5.82 Å². The number of ketones is 1. The number of nitrogen functional groups attached to an aromatic ring is 1. The van der Waals surface area contributed by atoms with E-state index in [1.54, 1.807) is 13.1 Å². The number of anilines is 1. The van der Waals surface area contributed by atoms with Crippen molar-refractivity contribution in [3.05, 3.63) is 68.6 Å². The summed E-state index contributed by atoms with van der Waals surface area (Å²) in [4.78, 5) is 41.7. The SMILES string of the molecule is Cc1ccccc1-n1ccnc1SC(C)C(=O)c1c(N)n(C)c(=O)n(C)c1=O. The number of carbonyl (C=O) groups excluding carboxylic acids is 1. The number of nitrogens with two attached hydrogens (primary N) is 1. The second-order valence-electron chi connectivity index (χ2n) is 6.46. The molecule has 0 aliphatic rings. The minimum absolute atomic E-state index is 0.132. The summed E-state index contributed by atoms with van der Waals surface area (Å²) >= 11 is 1.23. The Morgan fingerprint density at radius 2 is 1.86 bits per heavy atom. The van der Waals surface area contributed by atoms with Gasteiger partial charge in [-0.2, -0.15) is 0 Å². The molecule has 1 aromatic carbocycles. The molecular formula is C19H21N5O3S. The van der Waals surface area contributed by atoms with Crippen molar-refractivity contribution in [2.45, 2.75) is 24.3 Å². The number of imidazole rings is 1. The number of carbonyl (C=O) groups is 1. The summed E-state index contributed by atoms with van der Waals surface area (Å²) in [6.45, 7) is 3.68. The van der Waals surface area contributed by atoms with Gasteiger partial charge in [0.15, 0.2) is 10.9 Å². The van der Waals surface area contributed by atoms with E-state index in [2.05, 4.69) is 4.98 Å². The topological polar surface area (TPSA) is 105 Å². The van der Waals surface area contributed by atoms with E-state index in [4.69, 9.17) is 5.73 Å². The fraction of sp³-hybridized carbons (Fsp3) is 0.263. The van der Waals surface area contributed by atoms with Crippen molar-refractivity contribution in [3.63, 3.8) is 0 Å². The van der Waals surface area contributed by atoms with Gasteiger partial charge in [0.2, 0.25) is 0 Å². The minimum atomic E-state index is -0.694. The third-order valence-electron chi connectivity index (χ3n) is 4.59. The molecule has 0 saturated carbocycles. The first-order valence-corrected chi connectivity index (χ1v) is 9.47. The van der Waals surface area contributed by atoms with Crippen molar-refractivity contribution in [2.75, 3.05) is 5.73 Å². The van der Waals surface area contributed by atoms with Gasteiger partial charge >= 0.3 is 5.69 Å². The molecule has 0 bridgehead atoms. The molecule has 0 fully saturated rings. The van der Waals surface area contributed by atoms with E-state index in [0.717, 1.165) is 20.4 Å². The van der Waals surface area contributed by atoms with Crippen LogP contribution in [0, 0.1) is 6.92 Å². The van der Waals surface area contributed by atoms with Gasteiger partial charge in [-0.1, -0.05) is 30.0 Å². The summed E-state index contributed by atoms with van der Waals surface area (Å²) in [7, 11) is 2.75. The van der Waals surface area contributed by atoms with Crippen LogP contribution >= 0.6 is 11.8 Å². The zero-order chi connectivity index (χ0) is 20.6. The summed E-state index contributed by atoms with van der Waals surface area (Å²) in [5.74, 6) is -0.578. The van der Waals surface area contributed by atoms with Crippen LogP contribution in [0.5, 0.6) is 0 Å². The summed E-state index contributed by atoms with van der Waals surface area (Å²) < 4.78 is 3.88. The molecule has 2 heterocycles. The van der Waals surface area contributed by atoms with Gasteiger partial charge in [-0.05, 0) is 25.5 Å². The zero-order valence-electron chi connectivity index (χ0n) is 16.0. The Kier molecular flexibility index (Phi) is 5.28. The van der Waals surface area contributed by atoms with Gasteiger partial charge in [-0.25, -0.2) is 9.78 Å².